The van der Waals surface area contributed by atoms with Crippen molar-refractivity contribution in [2.45, 2.75) is 173 Å². The lowest BCUT2D eigenvalue weighted by Gasteiger charge is -2.47. The first-order valence-corrected chi connectivity index (χ1v) is 23.9. The van der Waals surface area contributed by atoms with Crippen molar-refractivity contribution >= 4 is 29.4 Å². The van der Waals surface area contributed by atoms with Gasteiger partial charge in [-0.3, -0.25) is 14.4 Å². The smallest absolute Gasteiger partial charge is 0.335 e. The van der Waals surface area contributed by atoms with Crippen LogP contribution in [0.2, 0.25) is 0 Å². The standard InChI is InChI=1S/C51H75NO14/c1-10-36-22-29(2)21-30(3)23-43(62-8)46-44(63-9)25-32(5)51(60,66-46)47(55)48(56)52-20-12-11-13-38(52)50(59)65-45(33(6)39(53)27-40(36)54)31(4)24-35-16-19-41(42(26-35)61-7)64-28-34-14-17-37(18-15-34)49(57)58/h14-15,17-18,22,24,30,32-33,35-36,38-39,41-46,53,60H,10-13,16,19-21,23,25-28H2,1-9H3,(H,57,58). The van der Waals surface area contributed by atoms with Gasteiger partial charge in [-0.2, -0.15) is 0 Å². The number of hydrogen-bond acceptors (Lipinski definition) is 13. The van der Waals surface area contributed by atoms with Crippen LogP contribution < -0.4 is 0 Å². The molecular weight excluding hydrogens is 851 g/mol. The molecule has 2 bridgehead atoms. The Labute approximate surface area is 390 Å². The lowest BCUT2D eigenvalue weighted by atomic mass is 9.81. The number of rotatable bonds is 10. The number of carboxylic acids is 1. The second kappa shape index (κ2) is 23.9. The van der Waals surface area contributed by atoms with E-state index in [1.165, 1.54) is 19.1 Å². The molecule has 66 heavy (non-hydrogen) atoms. The SMILES string of the molecule is CCC1C=C(C)CC(C)CC(OC)C2OC(O)(C(=O)C(=O)N3CCCCC3C(=O)OC(C(C)=CC3CCC(OCc4ccc(C(=O)O)cc4)C(OC)C3)C(C)C(O)CC1=O)C(C)CC2OC. The van der Waals surface area contributed by atoms with Gasteiger partial charge < -0.3 is 48.6 Å². The number of hydrogen-bond donors (Lipinski definition) is 3. The van der Waals surface area contributed by atoms with E-state index in [2.05, 4.69) is 0 Å². The Hall–Kier alpha value is -3.83. The van der Waals surface area contributed by atoms with Crippen molar-refractivity contribution in [1.82, 2.24) is 4.90 Å². The van der Waals surface area contributed by atoms with Crippen LogP contribution in [0.3, 0.4) is 0 Å². The number of piperidine rings is 1. The van der Waals surface area contributed by atoms with Gasteiger partial charge in [0.05, 0.1) is 42.7 Å². The topological polar surface area (TPSA) is 205 Å². The molecule has 14 unspecified atom stereocenters. The molecule has 3 N–H and O–H groups in total. The molecule has 0 aromatic heterocycles. The Balaban J connectivity index is 1.45. The molecule has 0 spiro atoms. The molecule has 1 aromatic carbocycles. The number of carboxylic acid groups (broad SMARTS) is 1. The molecule has 1 aromatic rings. The number of methoxy groups -OCH3 is 3. The van der Waals surface area contributed by atoms with Crippen LogP contribution in [-0.2, 0) is 54.2 Å². The second-order valence-corrected chi connectivity index (χ2v) is 19.4. The van der Waals surface area contributed by atoms with Crippen LogP contribution in [0.5, 0.6) is 0 Å². The molecule has 3 fully saturated rings. The summed E-state index contributed by atoms with van der Waals surface area (Å²) in [7, 11) is 4.68. The number of nitrogens with zero attached hydrogens (tertiary/aromatic N) is 1. The van der Waals surface area contributed by atoms with Crippen LogP contribution in [0.1, 0.15) is 128 Å². The zero-order valence-corrected chi connectivity index (χ0v) is 40.4. The fourth-order valence-corrected chi connectivity index (χ4v) is 10.5. The molecule has 15 nitrogen and oxygen atoms in total. The van der Waals surface area contributed by atoms with E-state index in [1.54, 1.807) is 45.2 Å². The van der Waals surface area contributed by atoms with Crippen LogP contribution in [0, 0.1) is 29.6 Å². The number of ketones is 2. The Morgan fingerprint density at radius 1 is 0.894 bits per heavy atom. The number of aliphatic hydroxyl groups is 2. The van der Waals surface area contributed by atoms with Crippen LogP contribution in [-0.4, -0.2) is 132 Å². The lowest BCUT2D eigenvalue weighted by Crippen LogP contribution is -2.64. The van der Waals surface area contributed by atoms with E-state index in [4.69, 9.17) is 28.4 Å². The largest absolute Gasteiger partial charge is 0.478 e. The fourth-order valence-electron chi connectivity index (χ4n) is 10.5. The lowest BCUT2D eigenvalue weighted by molar-refractivity contribution is -0.302. The van der Waals surface area contributed by atoms with E-state index in [0.717, 1.165) is 11.1 Å². The van der Waals surface area contributed by atoms with Crippen molar-refractivity contribution in [2.75, 3.05) is 27.9 Å². The minimum absolute atomic E-state index is 0.0175. The summed E-state index contributed by atoms with van der Waals surface area (Å²) >= 11 is 0. The predicted molar refractivity (Wildman–Crippen MR) is 244 cm³/mol. The van der Waals surface area contributed by atoms with Gasteiger partial charge >= 0.3 is 11.9 Å². The minimum Gasteiger partial charge on any atom is -0.478 e. The average Bonchev–Trinajstić information content (AvgIpc) is 3.30. The van der Waals surface area contributed by atoms with Gasteiger partial charge in [0.2, 0.25) is 5.79 Å². The van der Waals surface area contributed by atoms with E-state index >= 15 is 0 Å². The van der Waals surface area contributed by atoms with E-state index in [9.17, 15) is 39.3 Å². The molecule has 4 aliphatic rings. The molecule has 15 heteroatoms. The molecule has 1 amide bonds. The van der Waals surface area contributed by atoms with Crippen molar-refractivity contribution in [3.05, 3.63) is 58.7 Å². The Morgan fingerprint density at radius 3 is 2.20 bits per heavy atom. The predicted octanol–water partition coefficient (Wildman–Crippen LogP) is 6.40. The van der Waals surface area contributed by atoms with Crippen molar-refractivity contribution in [1.29, 1.82) is 0 Å². The Bertz CT molecular complexity index is 1900. The number of fused-ring (bicyclic) bond motifs is 3. The van der Waals surface area contributed by atoms with Gasteiger partial charge in [0.25, 0.3) is 11.7 Å². The maximum Gasteiger partial charge on any atom is 0.335 e. The van der Waals surface area contributed by atoms with Crippen LogP contribution >= 0.6 is 0 Å². The van der Waals surface area contributed by atoms with E-state index in [1.807, 2.05) is 39.8 Å². The van der Waals surface area contributed by atoms with Gasteiger partial charge in [-0.25, -0.2) is 9.59 Å². The molecule has 1 aliphatic carbocycles. The third kappa shape index (κ3) is 12.8. The molecule has 5 rings (SSSR count). The number of benzene rings is 1. The summed E-state index contributed by atoms with van der Waals surface area (Å²) in [6.45, 7) is 11.5. The van der Waals surface area contributed by atoms with Gasteiger partial charge in [-0.05, 0) is 113 Å². The zero-order chi connectivity index (χ0) is 48.5. The monoisotopic (exact) mass is 926 g/mol. The molecule has 2 saturated heterocycles. The maximum absolute atomic E-state index is 14.5. The van der Waals surface area contributed by atoms with E-state index in [-0.39, 0.29) is 67.8 Å². The van der Waals surface area contributed by atoms with Crippen molar-refractivity contribution in [3.8, 4) is 0 Å². The normalized spacial score (nSPS) is 36.2. The summed E-state index contributed by atoms with van der Waals surface area (Å²) in [5, 5.41) is 33.2. The van der Waals surface area contributed by atoms with Gasteiger partial charge in [-0.15, -0.1) is 0 Å². The number of cyclic esters (lactones) is 1. The molecule has 14 atom stereocenters. The summed E-state index contributed by atoms with van der Waals surface area (Å²) in [6, 6.07) is 5.39. The van der Waals surface area contributed by atoms with Gasteiger partial charge in [0, 0.05) is 52.0 Å². The number of carbonyl (C=O) groups excluding carboxylic acids is 4. The van der Waals surface area contributed by atoms with Gasteiger partial charge in [-0.1, -0.05) is 57.6 Å². The first kappa shape index (κ1) is 53.1. The highest BCUT2D eigenvalue weighted by Gasteiger charge is 2.56. The molecule has 3 heterocycles. The van der Waals surface area contributed by atoms with Gasteiger partial charge in [0.15, 0.2) is 0 Å². The third-order valence-electron chi connectivity index (χ3n) is 14.5. The number of aromatic carboxylic acids is 1. The number of carbonyl (C=O) groups is 5. The second-order valence-electron chi connectivity index (χ2n) is 19.4. The first-order valence-electron chi connectivity index (χ1n) is 23.9. The maximum atomic E-state index is 14.5. The number of amides is 1. The highest BCUT2D eigenvalue weighted by atomic mass is 16.7. The van der Waals surface area contributed by atoms with Crippen molar-refractivity contribution in [3.63, 3.8) is 0 Å². The number of allylic oxidation sites excluding steroid dienone is 3. The molecule has 0 radical (unpaired) electrons. The summed E-state index contributed by atoms with van der Waals surface area (Å²) in [6.07, 6.45) is 4.10. The molecule has 3 aliphatic heterocycles. The molecule has 1 saturated carbocycles. The quantitative estimate of drug-likeness (QED) is 0.132. The Morgan fingerprint density at radius 2 is 1.56 bits per heavy atom. The highest BCUT2D eigenvalue weighted by molar-refractivity contribution is 6.39. The van der Waals surface area contributed by atoms with Crippen molar-refractivity contribution in [2.24, 2.45) is 29.6 Å². The first-order chi connectivity index (χ1) is 31.3. The molecular formula is C51H75NO14. The molecule has 368 valence electrons. The summed E-state index contributed by atoms with van der Waals surface area (Å²) in [5.74, 6) is -8.70. The third-order valence-corrected chi connectivity index (χ3v) is 14.5. The summed E-state index contributed by atoms with van der Waals surface area (Å²) in [4.78, 5) is 69.6. The number of esters is 1. The van der Waals surface area contributed by atoms with Crippen molar-refractivity contribution < 1.29 is 67.7 Å². The van der Waals surface area contributed by atoms with E-state index < -0.39 is 83.7 Å². The van der Waals surface area contributed by atoms with Gasteiger partial charge in [0.1, 0.15) is 24.0 Å². The van der Waals surface area contributed by atoms with E-state index in [0.29, 0.717) is 56.9 Å². The number of Topliss-reactive ketones (excluding diaryl/α,β-unsaturated/α-hetero) is 2. The van der Waals surface area contributed by atoms with Crippen LogP contribution in [0.25, 0.3) is 0 Å². The van der Waals surface area contributed by atoms with Crippen LogP contribution in [0.15, 0.2) is 47.6 Å². The number of ether oxygens (including phenoxy) is 6. The Kier molecular flexibility index (Phi) is 19.3. The zero-order valence-electron chi connectivity index (χ0n) is 40.4. The minimum atomic E-state index is -2.52. The average molecular weight is 926 g/mol. The van der Waals surface area contributed by atoms with Crippen LogP contribution in [0.4, 0.5) is 0 Å². The summed E-state index contributed by atoms with van der Waals surface area (Å²) < 4.78 is 36.6. The highest BCUT2D eigenvalue weighted by Crippen LogP contribution is 2.39. The summed E-state index contributed by atoms with van der Waals surface area (Å²) in [5.41, 5.74) is 2.67. The fraction of sp³-hybridized carbons (Fsp3) is 0.706. The number of aliphatic hydroxyl groups excluding tert-OH is 1.